The Morgan fingerprint density at radius 2 is 0.688 bits per heavy atom. The normalized spacial score (nSPS) is 11.8. The fourth-order valence-corrected chi connectivity index (χ4v) is 9.80. The second-order valence-corrected chi connectivity index (χ2v) is 16.1. The molecule has 0 aliphatic heterocycles. The van der Waals surface area contributed by atoms with Gasteiger partial charge in [0, 0.05) is 46.3 Å². The minimum Gasteiger partial charge on any atom is -0.294 e. The molecule has 0 spiro atoms. The predicted octanol–water partition coefficient (Wildman–Crippen LogP) is 13.8. The first kappa shape index (κ1) is 35.9. The standard InChI is InChI=1S/C57H35N7/c1-2-14-36(15-3-1)56-40-18-4-6-20-42(40)57(43-21-7-5-19-41(43)56)37-32-48(46-22-12-26-54(61-46)63-50-24-10-8-16-38(50)44-34-58-30-28-52(44)63)60-49(33-37)47-23-13-27-55(62-47)64-51-25-11-9-17-39(51)45-35-59-31-29-53(45)64/h1-35H. The van der Waals surface area contributed by atoms with Crippen molar-refractivity contribution in [3.8, 4) is 56.7 Å². The van der Waals surface area contributed by atoms with Crippen molar-refractivity contribution in [2.24, 2.45) is 0 Å². The van der Waals surface area contributed by atoms with E-state index in [1.807, 2.05) is 24.8 Å². The summed E-state index contributed by atoms with van der Waals surface area (Å²) in [6.45, 7) is 0. The molecule has 7 heteroatoms. The first-order chi connectivity index (χ1) is 31.8. The van der Waals surface area contributed by atoms with Crippen LogP contribution in [0.15, 0.2) is 213 Å². The average molecular weight is 818 g/mol. The van der Waals surface area contributed by atoms with Gasteiger partial charge in [-0.3, -0.25) is 19.1 Å². The van der Waals surface area contributed by atoms with Crippen molar-refractivity contribution in [1.29, 1.82) is 0 Å². The second-order valence-electron chi connectivity index (χ2n) is 16.1. The molecule has 13 rings (SSSR count). The van der Waals surface area contributed by atoms with Gasteiger partial charge in [-0.05, 0) is 104 Å². The lowest BCUT2D eigenvalue weighted by Gasteiger charge is -2.19. The highest BCUT2D eigenvalue weighted by atomic mass is 15.1. The van der Waals surface area contributed by atoms with E-state index in [0.29, 0.717) is 0 Å². The minimum absolute atomic E-state index is 0.743. The smallest absolute Gasteiger partial charge is 0.138 e. The average Bonchev–Trinajstić information content (AvgIpc) is 3.89. The summed E-state index contributed by atoms with van der Waals surface area (Å²) in [5.74, 6) is 1.60. The van der Waals surface area contributed by atoms with Crippen LogP contribution in [0.2, 0.25) is 0 Å². The number of rotatable bonds is 6. The van der Waals surface area contributed by atoms with Crippen LogP contribution in [-0.4, -0.2) is 34.1 Å². The Kier molecular flexibility index (Phi) is 8.08. The number of aromatic nitrogens is 7. The Morgan fingerprint density at radius 3 is 1.17 bits per heavy atom. The van der Waals surface area contributed by atoms with Crippen LogP contribution >= 0.6 is 0 Å². The lowest BCUT2D eigenvalue weighted by atomic mass is 9.86. The van der Waals surface area contributed by atoms with Crippen LogP contribution in [0, 0.1) is 0 Å². The van der Waals surface area contributed by atoms with Crippen molar-refractivity contribution in [1.82, 2.24) is 34.1 Å². The molecule has 6 aromatic carbocycles. The van der Waals surface area contributed by atoms with E-state index in [1.54, 1.807) is 0 Å². The van der Waals surface area contributed by atoms with Crippen LogP contribution in [0.1, 0.15) is 0 Å². The van der Waals surface area contributed by atoms with Crippen molar-refractivity contribution in [3.63, 3.8) is 0 Å². The molecule has 0 aliphatic carbocycles. The second kappa shape index (κ2) is 14.4. The van der Waals surface area contributed by atoms with E-state index in [4.69, 9.17) is 15.0 Å². The highest BCUT2D eigenvalue weighted by Gasteiger charge is 2.21. The molecule has 0 aliphatic rings. The van der Waals surface area contributed by atoms with Gasteiger partial charge in [0.25, 0.3) is 0 Å². The number of hydrogen-bond acceptors (Lipinski definition) is 5. The molecule has 0 radical (unpaired) electrons. The zero-order valence-corrected chi connectivity index (χ0v) is 34.3. The number of nitrogens with zero attached hydrogens (tertiary/aromatic N) is 7. The third kappa shape index (κ3) is 5.58. The highest BCUT2D eigenvalue weighted by Crippen LogP contribution is 2.45. The lowest BCUT2D eigenvalue weighted by molar-refractivity contribution is 1.07. The Hall–Kier alpha value is -8.81. The number of para-hydroxylation sites is 2. The summed E-state index contributed by atoms with van der Waals surface area (Å²) in [5.41, 5.74) is 11.8. The molecule has 0 unspecified atom stereocenters. The largest absolute Gasteiger partial charge is 0.294 e. The molecule has 298 valence electrons. The molecule has 0 atom stereocenters. The summed E-state index contributed by atoms with van der Waals surface area (Å²) < 4.78 is 4.44. The van der Waals surface area contributed by atoms with Crippen molar-refractivity contribution in [2.75, 3.05) is 0 Å². The molecule has 0 N–H and O–H groups in total. The van der Waals surface area contributed by atoms with Crippen molar-refractivity contribution < 1.29 is 0 Å². The monoisotopic (exact) mass is 817 g/mol. The zero-order valence-electron chi connectivity index (χ0n) is 34.3. The maximum Gasteiger partial charge on any atom is 0.138 e. The fraction of sp³-hybridized carbons (Fsp3) is 0. The van der Waals surface area contributed by atoms with Gasteiger partial charge in [-0.15, -0.1) is 0 Å². The quantitative estimate of drug-likeness (QED) is 0.156. The van der Waals surface area contributed by atoms with Gasteiger partial charge >= 0.3 is 0 Å². The summed E-state index contributed by atoms with van der Waals surface area (Å²) in [5, 5.41) is 9.10. The SMILES string of the molecule is c1ccc(-c2c3ccccc3c(-c3cc(-c4cccc(-n5c6ccccc6c6cnccc65)n4)nc(-c4cccc(-n5c6ccccc6c6cnccc65)n4)c3)c3ccccc23)cc1. The van der Waals surface area contributed by atoms with Crippen LogP contribution in [0.5, 0.6) is 0 Å². The topological polar surface area (TPSA) is 74.3 Å². The van der Waals surface area contributed by atoms with E-state index in [0.717, 1.165) is 99.9 Å². The molecule has 0 saturated carbocycles. The number of hydrogen-bond donors (Lipinski definition) is 0. The highest BCUT2D eigenvalue weighted by molar-refractivity contribution is 6.21. The number of pyridine rings is 5. The molecular formula is C57H35N7. The van der Waals surface area contributed by atoms with Gasteiger partial charge in [0.2, 0.25) is 0 Å². The van der Waals surface area contributed by atoms with E-state index in [-0.39, 0.29) is 0 Å². The van der Waals surface area contributed by atoms with E-state index in [9.17, 15) is 0 Å². The minimum atomic E-state index is 0.743. The summed E-state index contributed by atoms with van der Waals surface area (Å²) >= 11 is 0. The fourth-order valence-electron chi connectivity index (χ4n) is 9.80. The van der Waals surface area contributed by atoms with Crippen molar-refractivity contribution in [3.05, 3.63) is 213 Å². The van der Waals surface area contributed by atoms with Crippen LogP contribution < -0.4 is 0 Å². The van der Waals surface area contributed by atoms with Gasteiger partial charge in [0.1, 0.15) is 11.6 Å². The van der Waals surface area contributed by atoms with Gasteiger partial charge in [0.05, 0.1) is 44.8 Å². The Morgan fingerprint density at radius 1 is 0.281 bits per heavy atom. The molecule has 7 nitrogen and oxygen atoms in total. The number of fused-ring (bicyclic) bond motifs is 8. The summed E-state index contributed by atoms with van der Waals surface area (Å²) in [6.07, 6.45) is 7.55. The number of benzene rings is 6. The van der Waals surface area contributed by atoms with Gasteiger partial charge in [0.15, 0.2) is 0 Å². The van der Waals surface area contributed by atoms with Crippen molar-refractivity contribution >= 4 is 65.2 Å². The van der Waals surface area contributed by atoms with Gasteiger partial charge < -0.3 is 0 Å². The Balaban J connectivity index is 1.07. The third-order valence-corrected chi connectivity index (χ3v) is 12.5. The van der Waals surface area contributed by atoms with E-state index in [1.165, 1.54) is 21.9 Å². The van der Waals surface area contributed by atoms with Gasteiger partial charge in [-0.2, -0.15) is 0 Å². The third-order valence-electron chi connectivity index (χ3n) is 12.5. The molecule has 0 fully saturated rings. The van der Waals surface area contributed by atoms with Crippen LogP contribution in [0.4, 0.5) is 0 Å². The molecule has 0 saturated heterocycles. The Bertz CT molecular complexity index is 3640. The summed E-state index contributed by atoms with van der Waals surface area (Å²) in [4.78, 5) is 25.2. The van der Waals surface area contributed by atoms with Crippen LogP contribution in [-0.2, 0) is 0 Å². The molecule has 0 bridgehead atoms. The summed E-state index contributed by atoms with van der Waals surface area (Å²) in [6, 6.07) is 66.0. The molecule has 0 amide bonds. The maximum atomic E-state index is 5.46. The van der Waals surface area contributed by atoms with E-state index >= 15 is 0 Å². The zero-order chi connectivity index (χ0) is 42.1. The first-order valence-electron chi connectivity index (χ1n) is 21.4. The van der Waals surface area contributed by atoms with Crippen LogP contribution in [0.3, 0.4) is 0 Å². The molecule has 13 aromatic rings. The Labute approximate surface area is 367 Å². The van der Waals surface area contributed by atoms with Gasteiger partial charge in [-0.25, -0.2) is 15.0 Å². The van der Waals surface area contributed by atoms with E-state index < -0.39 is 0 Å². The molecule has 7 aromatic heterocycles. The summed E-state index contributed by atoms with van der Waals surface area (Å²) in [7, 11) is 0. The van der Waals surface area contributed by atoms with Crippen LogP contribution in [0.25, 0.3) is 122 Å². The lowest BCUT2D eigenvalue weighted by Crippen LogP contribution is -2.01. The first-order valence-corrected chi connectivity index (χ1v) is 21.4. The molecule has 7 heterocycles. The van der Waals surface area contributed by atoms with E-state index in [2.05, 4.69) is 207 Å². The maximum absolute atomic E-state index is 5.46. The molecule has 64 heavy (non-hydrogen) atoms. The predicted molar refractivity (Wildman–Crippen MR) is 261 cm³/mol. The van der Waals surface area contributed by atoms with Crippen molar-refractivity contribution in [2.45, 2.75) is 0 Å². The molecular weight excluding hydrogens is 783 g/mol. The van der Waals surface area contributed by atoms with Gasteiger partial charge in [-0.1, -0.05) is 127 Å².